The number of carbonyl (C=O) groups is 1. The molecule has 0 radical (unpaired) electrons. The van der Waals surface area contributed by atoms with Crippen molar-refractivity contribution in [2.45, 2.75) is 32.7 Å². The maximum atomic E-state index is 11.1. The average molecular weight is 290 g/mol. The van der Waals surface area contributed by atoms with E-state index in [9.17, 15) is 4.79 Å². The van der Waals surface area contributed by atoms with Crippen LogP contribution in [0.1, 0.15) is 31.4 Å². The molecule has 1 aromatic carbocycles. The van der Waals surface area contributed by atoms with Gasteiger partial charge in [0.15, 0.2) is 5.70 Å². The van der Waals surface area contributed by atoms with E-state index in [1.165, 1.54) is 5.56 Å². The highest BCUT2D eigenvalue weighted by Crippen LogP contribution is 2.31. The van der Waals surface area contributed by atoms with Crippen molar-refractivity contribution in [3.63, 3.8) is 0 Å². The number of aliphatic carboxylic acids is 1. The molecule has 21 heavy (non-hydrogen) atoms. The highest BCUT2D eigenvalue weighted by molar-refractivity contribution is 5.95. The Kier molecular flexibility index (Phi) is 4.37. The van der Waals surface area contributed by atoms with Gasteiger partial charge >= 0.3 is 5.97 Å². The molecule has 1 aromatic rings. The van der Waals surface area contributed by atoms with Gasteiger partial charge in [-0.05, 0) is 38.3 Å². The third-order valence-corrected chi connectivity index (χ3v) is 3.80. The number of nitrogens with zero attached hydrogens (tertiary/aromatic N) is 1. The van der Waals surface area contributed by atoms with Gasteiger partial charge < -0.3 is 21.2 Å². The molecule has 0 unspecified atom stereocenters. The molecule has 1 aliphatic rings. The predicted molar refractivity (Wildman–Crippen MR) is 83.3 cm³/mol. The molecule has 0 saturated heterocycles. The molecule has 0 bridgehead atoms. The van der Waals surface area contributed by atoms with E-state index in [1.54, 1.807) is 0 Å². The summed E-state index contributed by atoms with van der Waals surface area (Å²) in [6, 6.07) is 6.20. The fourth-order valence-corrected chi connectivity index (χ4v) is 2.71. The van der Waals surface area contributed by atoms with Crippen LogP contribution in [-0.4, -0.2) is 23.7 Å². The lowest BCUT2D eigenvalue weighted by Crippen LogP contribution is -2.35. The minimum absolute atomic E-state index is 0.141. The molecule has 6 nitrogen and oxygen atoms in total. The zero-order chi connectivity index (χ0) is 15.6. The Morgan fingerprint density at radius 1 is 1.43 bits per heavy atom. The van der Waals surface area contributed by atoms with E-state index in [1.807, 2.05) is 18.2 Å². The van der Waals surface area contributed by atoms with Crippen molar-refractivity contribution in [3.8, 4) is 0 Å². The molecule has 1 heterocycles. The van der Waals surface area contributed by atoms with Crippen LogP contribution in [0.5, 0.6) is 0 Å². The van der Waals surface area contributed by atoms with Crippen LogP contribution in [0.15, 0.2) is 23.9 Å². The number of rotatable bonds is 4. The summed E-state index contributed by atoms with van der Waals surface area (Å²) in [5.41, 5.74) is 11.1. The lowest BCUT2D eigenvalue weighted by Gasteiger charge is -2.35. The van der Waals surface area contributed by atoms with Gasteiger partial charge in [-0.1, -0.05) is 12.1 Å². The van der Waals surface area contributed by atoms with Gasteiger partial charge in [0.25, 0.3) is 0 Å². The maximum absolute atomic E-state index is 11.1. The summed E-state index contributed by atoms with van der Waals surface area (Å²) in [4.78, 5) is 13.4. The topological polar surface area (TPSA) is 105 Å². The molecular weight excluding hydrogens is 268 g/mol. The van der Waals surface area contributed by atoms with Gasteiger partial charge in [-0.15, -0.1) is 0 Å². The summed E-state index contributed by atoms with van der Waals surface area (Å²) >= 11 is 0. The number of hydrazine groups is 1. The van der Waals surface area contributed by atoms with Crippen molar-refractivity contribution in [1.29, 1.82) is 0 Å². The fourth-order valence-electron chi connectivity index (χ4n) is 2.71. The summed E-state index contributed by atoms with van der Waals surface area (Å²) in [6.07, 6.45) is 2.16. The number of fused-ring (bicyclic) bond motifs is 1. The van der Waals surface area contributed by atoms with Gasteiger partial charge in [0.1, 0.15) is 0 Å². The van der Waals surface area contributed by atoms with Gasteiger partial charge in [0, 0.05) is 23.8 Å². The lowest BCUT2D eigenvalue weighted by molar-refractivity contribution is -0.133. The minimum Gasteiger partial charge on any atom is -0.476 e. The van der Waals surface area contributed by atoms with Crippen molar-refractivity contribution in [3.05, 3.63) is 35.0 Å². The van der Waals surface area contributed by atoms with Crippen molar-refractivity contribution in [2.75, 3.05) is 11.4 Å². The van der Waals surface area contributed by atoms with E-state index in [0.717, 1.165) is 25.1 Å². The van der Waals surface area contributed by atoms with Crippen molar-refractivity contribution in [1.82, 2.24) is 5.43 Å². The quantitative estimate of drug-likeness (QED) is 0.375. The molecule has 2 rings (SSSR count). The van der Waals surface area contributed by atoms with Crippen LogP contribution in [0.2, 0.25) is 0 Å². The lowest BCUT2D eigenvalue weighted by atomic mass is 9.97. The second-order valence-electron chi connectivity index (χ2n) is 5.47. The van der Waals surface area contributed by atoms with Gasteiger partial charge in [0.2, 0.25) is 0 Å². The second kappa shape index (κ2) is 6.05. The molecule has 0 saturated carbocycles. The first-order chi connectivity index (χ1) is 9.95. The van der Waals surface area contributed by atoms with Crippen LogP contribution in [0.25, 0.3) is 5.70 Å². The minimum atomic E-state index is -1.17. The van der Waals surface area contributed by atoms with Gasteiger partial charge in [-0.3, -0.25) is 5.84 Å². The monoisotopic (exact) mass is 290 g/mol. The highest BCUT2D eigenvalue weighted by Gasteiger charge is 2.21. The number of anilines is 1. The Hall–Kier alpha value is -2.21. The SMILES string of the molecule is CC(C)N1CCCc2ccc(/C(N)=C(/NN)C(=O)O)cc21. The molecule has 1 aliphatic heterocycles. The van der Waals surface area contributed by atoms with Crippen LogP contribution < -0.4 is 21.9 Å². The zero-order valence-corrected chi connectivity index (χ0v) is 12.4. The predicted octanol–water partition coefficient (Wildman–Crippen LogP) is 1.02. The maximum Gasteiger partial charge on any atom is 0.355 e. The van der Waals surface area contributed by atoms with Crippen LogP contribution in [-0.2, 0) is 11.2 Å². The van der Waals surface area contributed by atoms with E-state index in [2.05, 4.69) is 24.2 Å². The third kappa shape index (κ3) is 2.95. The number of carboxylic acid groups (broad SMARTS) is 1. The summed E-state index contributed by atoms with van der Waals surface area (Å²) in [5, 5.41) is 9.09. The number of carboxylic acids is 1. The van der Waals surface area contributed by atoms with Gasteiger partial charge in [0.05, 0.1) is 5.70 Å². The summed E-state index contributed by atoms with van der Waals surface area (Å²) in [5.74, 6) is 4.07. The summed E-state index contributed by atoms with van der Waals surface area (Å²) < 4.78 is 0. The molecular formula is C15H22N4O2. The number of aryl methyl sites for hydroxylation is 1. The molecule has 0 amide bonds. The molecule has 6 N–H and O–H groups in total. The first-order valence-corrected chi connectivity index (χ1v) is 7.05. The number of nitrogens with one attached hydrogen (secondary N) is 1. The third-order valence-electron chi connectivity index (χ3n) is 3.80. The normalized spacial score (nSPS) is 15.5. The Bertz CT molecular complexity index is 581. The first-order valence-electron chi connectivity index (χ1n) is 7.05. The molecule has 6 heteroatoms. The Balaban J connectivity index is 2.49. The number of benzene rings is 1. The zero-order valence-electron chi connectivity index (χ0n) is 12.4. The smallest absolute Gasteiger partial charge is 0.355 e. The standard InChI is InChI=1S/C15H22N4O2/c1-9(2)19-7-3-4-10-5-6-11(8-12(10)19)13(16)14(18-17)15(20)21/h5-6,8-9,18H,3-4,7,16-17H2,1-2H3,(H,20,21)/b14-13-. The number of nitrogens with two attached hydrogens (primary N) is 2. The number of hydrogen-bond donors (Lipinski definition) is 4. The van der Waals surface area contributed by atoms with Crippen molar-refractivity contribution in [2.24, 2.45) is 11.6 Å². The van der Waals surface area contributed by atoms with Crippen molar-refractivity contribution >= 4 is 17.4 Å². The van der Waals surface area contributed by atoms with Crippen LogP contribution in [0, 0.1) is 0 Å². The van der Waals surface area contributed by atoms with E-state index >= 15 is 0 Å². The van der Waals surface area contributed by atoms with E-state index in [-0.39, 0.29) is 11.4 Å². The second-order valence-corrected chi connectivity index (χ2v) is 5.47. The van der Waals surface area contributed by atoms with E-state index in [4.69, 9.17) is 16.7 Å². The first kappa shape index (κ1) is 15.2. The Labute approximate surface area is 124 Å². The summed E-state index contributed by atoms with van der Waals surface area (Å²) in [6.45, 7) is 5.29. The largest absolute Gasteiger partial charge is 0.476 e. The van der Waals surface area contributed by atoms with Crippen LogP contribution >= 0.6 is 0 Å². The Morgan fingerprint density at radius 2 is 2.14 bits per heavy atom. The van der Waals surface area contributed by atoms with Gasteiger partial charge in [-0.2, -0.15) is 0 Å². The highest BCUT2D eigenvalue weighted by atomic mass is 16.4. The van der Waals surface area contributed by atoms with Crippen LogP contribution in [0.4, 0.5) is 5.69 Å². The molecule has 0 atom stereocenters. The molecule has 0 aromatic heterocycles. The van der Waals surface area contributed by atoms with E-state index < -0.39 is 5.97 Å². The Morgan fingerprint density at radius 3 is 2.71 bits per heavy atom. The van der Waals surface area contributed by atoms with E-state index in [0.29, 0.717) is 11.6 Å². The summed E-state index contributed by atoms with van der Waals surface area (Å²) in [7, 11) is 0. The molecule has 0 spiro atoms. The molecule has 0 aliphatic carbocycles. The van der Waals surface area contributed by atoms with Crippen LogP contribution in [0.3, 0.4) is 0 Å². The molecule has 114 valence electrons. The fraction of sp³-hybridized carbons (Fsp3) is 0.400. The number of hydrogen-bond acceptors (Lipinski definition) is 5. The van der Waals surface area contributed by atoms with Gasteiger partial charge in [-0.25, -0.2) is 4.79 Å². The van der Waals surface area contributed by atoms with Crippen molar-refractivity contribution < 1.29 is 9.90 Å². The molecule has 0 fully saturated rings. The average Bonchev–Trinajstić information content (AvgIpc) is 2.46.